The van der Waals surface area contributed by atoms with Crippen LogP contribution in [0.25, 0.3) is 0 Å². The molecule has 3 atom stereocenters. The van der Waals surface area contributed by atoms with Gasteiger partial charge in [-0.3, -0.25) is 10.1 Å². The van der Waals surface area contributed by atoms with E-state index in [0.717, 1.165) is 24.8 Å². The normalized spacial score (nSPS) is 25.4. The zero-order chi connectivity index (χ0) is 13.5. The Morgan fingerprint density at radius 3 is 2.72 bits per heavy atom. The van der Waals surface area contributed by atoms with Crippen molar-refractivity contribution in [3.05, 3.63) is 0 Å². The molecule has 0 heterocycles. The molecule has 18 heavy (non-hydrogen) atoms. The second-order valence-electron chi connectivity index (χ2n) is 5.46. The second kappa shape index (κ2) is 7.36. The van der Waals surface area contributed by atoms with Gasteiger partial charge in [-0.1, -0.05) is 26.2 Å². The molecule has 0 aromatic rings. The van der Waals surface area contributed by atoms with Crippen LogP contribution in [0.5, 0.6) is 0 Å². The maximum atomic E-state index is 11.4. The van der Waals surface area contributed by atoms with Crippen molar-refractivity contribution in [2.75, 3.05) is 6.54 Å². The summed E-state index contributed by atoms with van der Waals surface area (Å²) in [6.45, 7) is 4.86. The number of hydrogen-bond donors (Lipinski definition) is 3. The number of nitrogens with one attached hydrogen (secondary N) is 2. The van der Waals surface area contributed by atoms with E-state index in [1.54, 1.807) is 6.92 Å². The number of hydrogen-bond acceptors (Lipinski definition) is 3. The molecule has 3 unspecified atom stereocenters. The van der Waals surface area contributed by atoms with E-state index in [1.807, 2.05) is 0 Å². The lowest BCUT2D eigenvalue weighted by molar-refractivity contribution is -0.121. The lowest BCUT2D eigenvalue weighted by atomic mass is 9.81. The number of carbonyl (C=O) groups is 2. The molecule has 1 saturated carbocycles. The lowest BCUT2D eigenvalue weighted by Gasteiger charge is -2.27. The van der Waals surface area contributed by atoms with Crippen molar-refractivity contribution >= 4 is 11.9 Å². The van der Waals surface area contributed by atoms with Gasteiger partial charge in [0, 0.05) is 0 Å². The Kier molecular flexibility index (Phi) is 6.12. The molecule has 0 aliphatic heterocycles. The van der Waals surface area contributed by atoms with Crippen LogP contribution < -0.4 is 16.4 Å². The highest BCUT2D eigenvalue weighted by Crippen LogP contribution is 2.30. The monoisotopic (exact) mass is 255 g/mol. The van der Waals surface area contributed by atoms with Gasteiger partial charge in [0.1, 0.15) is 0 Å². The number of amides is 3. The van der Waals surface area contributed by atoms with Crippen molar-refractivity contribution < 1.29 is 9.59 Å². The zero-order valence-corrected chi connectivity index (χ0v) is 11.4. The standard InChI is InChI=1S/C13H25N3O2/c1-9-4-3-5-11(8-9)6-7-15-10(2)12(17)16-13(14)18/h9-11,15H,3-8H2,1-2H3,(H3,14,16,17,18). The van der Waals surface area contributed by atoms with Gasteiger partial charge in [-0.15, -0.1) is 0 Å². The number of carbonyl (C=O) groups excluding carboxylic acids is 2. The number of imide groups is 1. The molecule has 5 heteroatoms. The van der Waals surface area contributed by atoms with Crippen LogP contribution >= 0.6 is 0 Å². The minimum absolute atomic E-state index is 0.362. The summed E-state index contributed by atoms with van der Waals surface area (Å²) in [7, 11) is 0. The lowest BCUT2D eigenvalue weighted by Crippen LogP contribution is -2.46. The maximum absolute atomic E-state index is 11.4. The highest BCUT2D eigenvalue weighted by molar-refractivity contribution is 5.96. The quantitative estimate of drug-likeness (QED) is 0.694. The minimum atomic E-state index is -0.797. The van der Waals surface area contributed by atoms with Gasteiger partial charge >= 0.3 is 6.03 Å². The van der Waals surface area contributed by atoms with Crippen LogP contribution in [0.2, 0.25) is 0 Å². The van der Waals surface area contributed by atoms with Gasteiger partial charge in [-0.2, -0.15) is 0 Å². The summed E-state index contributed by atoms with van der Waals surface area (Å²) in [5.41, 5.74) is 4.89. The van der Waals surface area contributed by atoms with E-state index in [9.17, 15) is 9.59 Å². The summed E-state index contributed by atoms with van der Waals surface area (Å²) in [5.74, 6) is 1.24. The van der Waals surface area contributed by atoms with E-state index in [-0.39, 0.29) is 11.9 Å². The van der Waals surface area contributed by atoms with Crippen LogP contribution in [-0.4, -0.2) is 24.5 Å². The van der Waals surface area contributed by atoms with Crippen LogP contribution in [-0.2, 0) is 4.79 Å². The predicted molar refractivity (Wildman–Crippen MR) is 70.9 cm³/mol. The number of rotatable bonds is 5. The van der Waals surface area contributed by atoms with E-state index in [4.69, 9.17) is 5.73 Å². The second-order valence-corrected chi connectivity index (χ2v) is 5.46. The molecule has 3 amide bonds. The molecular weight excluding hydrogens is 230 g/mol. The Morgan fingerprint density at radius 1 is 1.39 bits per heavy atom. The molecule has 4 N–H and O–H groups in total. The topological polar surface area (TPSA) is 84.2 Å². The summed E-state index contributed by atoms with van der Waals surface area (Å²) in [6.07, 6.45) is 6.36. The Hall–Kier alpha value is -1.10. The minimum Gasteiger partial charge on any atom is -0.351 e. The van der Waals surface area contributed by atoms with Crippen molar-refractivity contribution in [3.8, 4) is 0 Å². The predicted octanol–water partition coefficient (Wildman–Crippen LogP) is 1.38. The summed E-state index contributed by atoms with van der Waals surface area (Å²) in [4.78, 5) is 21.9. The molecule has 0 spiro atoms. The molecule has 1 fully saturated rings. The third-order valence-corrected chi connectivity index (χ3v) is 3.69. The number of nitrogens with two attached hydrogens (primary N) is 1. The van der Waals surface area contributed by atoms with Gasteiger partial charge in [-0.25, -0.2) is 4.79 Å². The smallest absolute Gasteiger partial charge is 0.318 e. The van der Waals surface area contributed by atoms with Crippen LogP contribution in [0.1, 0.15) is 46.0 Å². The number of urea groups is 1. The van der Waals surface area contributed by atoms with Crippen LogP contribution in [0.4, 0.5) is 4.79 Å². The van der Waals surface area contributed by atoms with E-state index >= 15 is 0 Å². The molecule has 0 aromatic heterocycles. The van der Waals surface area contributed by atoms with E-state index in [1.165, 1.54) is 25.7 Å². The molecule has 0 aromatic carbocycles. The maximum Gasteiger partial charge on any atom is 0.318 e. The summed E-state index contributed by atoms with van der Waals surface area (Å²) >= 11 is 0. The van der Waals surface area contributed by atoms with Crippen molar-refractivity contribution in [2.24, 2.45) is 17.6 Å². The van der Waals surface area contributed by atoms with Crippen LogP contribution in [0.3, 0.4) is 0 Å². The summed E-state index contributed by atoms with van der Waals surface area (Å²) < 4.78 is 0. The van der Waals surface area contributed by atoms with Crippen molar-refractivity contribution in [1.29, 1.82) is 0 Å². The van der Waals surface area contributed by atoms with Crippen molar-refractivity contribution in [1.82, 2.24) is 10.6 Å². The first-order valence-electron chi connectivity index (χ1n) is 6.82. The Labute approximate surface area is 109 Å². The number of primary amides is 1. The molecule has 1 rings (SSSR count). The highest BCUT2D eigenvalue weighted by Gasteiger charge is 2.19. The Balaban J connectivity index is 2.16. The van der Waals surface area contributed by atoms with Gasteiger partial charge < -0.3 is 11.1 Å². The molecule has 104 valence electrons. The largest absolute Gasteiger partial charge is 0.351 e. The molecule has 1 aliphatic carbocycles. The SMILES string of the molecule is CC1CCCC(CCNC(C)C(=O)NC(N)=O)C1. The molecule has 5 nitrogen and oxygen atoms in total. The molecule has 1 aliphatic rings. The van der Waals surface area contributed by atoms with E-state index in [2.05, 4.69) is 17.6 Å². The molecule has 0 radical (unpaired) electrons. The molecular formula is C13H25N3O2. The third-order valence-electron chi connectivity index (χ3n) is 3.69. The fourth-order valence-corrected chi connectivity index (χ4v) is 2.65. The molecule has 0 bridgehead atoms. The fourth-order valence-electron chi connectivity index (χ4n) is 2.65. The average Bonchev–Trinajstić information content (AvgIpc) is 2.28. The average molecular weight is 255 g/mol. The first kappa shape index (κ1) is 15.0. The van der Waals surface area contributed by atoms with Crippen molar-refractivity contribution in [2.45, 2.75) is 52.0 Å². The first-order chi connectivity index (χ1) is 8.49. The third kappa shape index (κ3) is 5.49. The first-order valence-corrected chi connectivity index (χ1v) is 6.82. The van der Waals surface area contributed by atoms with Gasteiger partial charge in [0.25, 0.3) is 0 Å². The summed E-state index contributed by atoms with van der Waals surface area (Å²) in [6, 6.07) is -1.17. The Bertz CT molecular complexity index is 294. The van der Waals surface area contributed by atoms with Gasteiger partial charge in [0.15, 0.2) is 0 Å². The zero-order valence-electron chi connectivity index (χ0n) is 11.4. The van der Waals surface area contributed by atoms with Crippen molar-refractivity contribution in [3.63, 3.8) is 0 Å². The van der Waals surface area contributed by atoms with Gasteiger partial charge in [0.05, 0.1) is 6.04 Å². The highest BCUT2D eigenvalue weighted by atomic mass is 16.2. The van der Waals surface area contributed by atoms with Gasteiger partial charge in [-0.05, 0) is 38.1 Å². The van der Waals surface area contributed by atoms with Gasteiger partial charge in [0.2, 0.25) is 5.91 Å². The summed E-state index contributed by atoms with van der Waals surface area (Å²) in [5, 5.41) is 5.21. The van der Waals surface area contributed by atoms with E-state index in [0.29, 0.717) is 0 Å². The molecule has 0 saturated heterocycles. The van der Waals surface area contributed by atoms with Crippen LogP contribution in [0.15, 0.2) is 0 Å². The van der Waals surface area contributed by atoms with E-state index < -0.39 is 6.03 Å². The fraction of sp³-hybridized carbons (Fsp3) is 0.846. The van der Waals surface area contributed by atoms with Crippen LogP contribution in [0, 0.1) is 11.8 Å². The Morgan fingerprint density at radius 2 is 2.11 bits per heavy atom.